The highest BCUT2D eigenvalue weighted by Gasteiger charge is 2.33. The molecular weight excluding hydrogens is 291 g/mol. The van der Waals surface area contributed by atoms with Crippen LogP contribution < -0.4 is 0 Å². The Morgan fingerprint density at radius 1 is 1.30 bits per heavy atom. The lowest BCUT2D eigenvalue weighted by molar-refractivity contribution is -0.132. The molecule has 4 heteroatoms. The lowest BCUT2D eigenvalue weighted by Gasteiger charge is -2.34. The number of benzene rings is 1. The minimum atomic E-state index is -0.101. The number of carbonyl (C=O) groups is 1. The molecule has 2 aliphatic rings. The van der Waals surface area contributed by atoms with Gasteiger partial charge in [0.2, 0.25) is 5.91 Å². The van der Waals surface area contributed by atoms with Gasteiger partial charge in [-0.3, -0.25) is 4.79 Å². The first-order valence-corrected chi connectivity index (χ1v) is 8.84. The van der Waals surface area contributed by atoms with E-state index >= 15 is 0 Å². The van der Waals surface area contributed by atoms with Crippen LogP contribution in [0.1, 0.15) is 31.2 Å². The highest BCUT2D eigenvalue weighted by atomic mass is 19.1. The SMILES string of the molecule is CN(C[C@@H]1CCCN(CCc2ccccc2F)C1)C(=O)C1CC1. The first-order chi connectivity index (χ1) is 11.1. The Morgan fingerprint density at radius 2 is 2.09 bits per heavy atom. The molecule has 1 aliphatic heterocycles. The summed E-state index contributed by atoms with van der Waals surface area (Å²) in [6.07, 6.45) is 5.27. The monoisotopic (exact) mass is 318 g/mol. The van der Waals surface area contributed by atoms with Gasteiger partial charge in [0.05, 0.1) is 0 Å². The highest BCUT2D eigenvalue weighted by Crippen LogP contribution is 2.31. The molecule has 0 radical (unpaired) electrons. The smallest absolute Gasteiger partial charge is 0.225 e. The highest BCUT2D eigenvalue weighted by molar-refractivity contribution is 5.80. The Balaban J connectivity index is 1.46. The molecule has 1 aliphatic carbocycles. The van der Waals surface area contributed by atoms with Crippen LogP contribution in [-0.4, -0.2) is 48.9 Å². The van der Waals surface area contributed by atoms with Crippen molar-refractivity contribution in [3.8, 4) is 0 Å². The van der Waals surface area contributed by atoms with Crippen molar-refractivity contribution in [1.82, 2.24) is 9.80 Å². The van der Waals surface area contributed by atoms with Gasteiger partial charge in [0.25, 0.3) is 0 Å². The third-order valence-corrected chi connectivity index (χ3v) is 5.09. The van der Waals surface area contributed by atoms with Gasteiger partial charge in [-0.2, -0.15) is 0 Å². The molecule has 1 amide bonds. The molecule has 1 aromatic carbocycles. The van der Waals surface area contributed by atoms with E-state index in [0.717, 1.165) is 51.0 Å². The van der Waals surface area contributed by atoms with Crippen LogP contribution in [0.4, 0.5) is 4.39 Å². The first-order valence-electron chi connectivity index (χ1n) is 8.84. The molecule has 3 nitrogen and oxygen atoms in total. The topological polar surface area (TPSA) is 23.6 Å². The molecule has 2 fully saturated rings. The van der Waals surface area contributed by atoms with Gasteiger partial charge >= 0.3 is 0 Å². The zero-order valence-corrected chi connectivity index (χ0v) is 14.0. The Labute approximate surface area is 138 Å². The van der Waals surface area contributed by atoms with E-state index in [1.807, 2.05) is 24.1 Å². The maximum absolute atomic E-state index is 13.7. The molecule has 0 aromatic heterocycles. The molecule has 1 heterocycles. The first kappa shape index (κ1) is 16.4. The van der Waals surface area contributed by atoms with Crippen LogP contribution in [-0.2, 0) is 11.2 Å². The van der Waals surface area contributed by atoms with Crippen molar-refractivity contribution >= 4 is 5.91 Å². The van der Waals surface area contributed by atoms with Crippen LogP contribution in [0.5, 0.6) is 0 Å². The molecule has 1 saturated heterocycles. The summed E-state index contributed by atoms with van der Waals surface area (Å²) >= 11 is 0. The molecule has 1 aromatic rings. The maximum Gasteiger partial charge on any atom is 0.225 e. The fourth-order valence-corrected chi connectivity index (χ4v) is 3.60. The normalized spacial score (nSPS) is 22.1. The second kappa shape index (κ2) is 7.43. The van der Waals surface area contributed by atoms with Crippen molar-refractivity contribution in [2.45, 2.75) is 32.1 Å². The molecular formula is C19H27FN2O. The van der Waals surface area contributed by atoms with Gasteiger partial charge < -0.3 is 9.80 Å². The number of halogens is 1. The number of hydrogen-bond donors (Lipinski definition) is 0. The number of likely N-dealkylation sites (tertiary alicyclic amines) is 1. The minimum absolute atomic E-state index is 0.101. The fraction of sp³-hybridized carbons (Fsp3) is 0.632. The van der Waals surface area contributed by atoms with E-state index in [0.29, 0.717) is 17.7 Å². The second-order valence-electron chi connectivity index (χ2n) is 7.14. The summed E-state index contributed by atoms with van der Waals surface area (Å²) in [7, 11) is 1.94. The lowest BCUT2D eigenvalue weighted by atomic mass is 9.97. The van der Waals surface area contributed by atoms with Crippen LogP contribution in [0.2, 0.25) is 0 Å². The molecule has 3 rings (SSSR count). The molecule has 0 bridgehead atoms. The minimum Gasteiger partial charge on any atom is -0.345 e. The van der Waals surface area contributed by atoms with E-state index in [1.165, 1.54) is 18.9 Å². The lowest BCUT2D eigenvalue weighted by Crippen LogP contribution is -2.42. The molecule has 0 spiro atoms. The van der Waals surface area contributed by atoms with Crippen LogP contribution in [0.15, 0.2) is 24.3 Å². The van der Waals surface area contributed by atoms with Gasteiger partial charge in [-0.05, 0) is 56.2 Å². The molecule has 126 valence electrons. The Morgan fingerprint density at radius 3 is 2.83 bits per heavy atom. The van der Waals surface area contributed by atoms with Gasteiger partial charge in [0, 0.05) is 32.6 Å². The van der Waals surface area contributed by atoms with Crippen LogP contribution >= 0.6 is 0 Å². The molecule has 1 atom stereocenters. The summed E-state index contributed by atoms with van der Waals surface area (Å²) < 4.78 is 13.7. The van der Waals surface area contributed by atoms with Crippen LogP contribution in [0.25, 0.3) is 0 Å². The van der Waals surface area contributed by atoms with Crippen molar-refractivity contribution in [2.24, 2.45) is 11.8 Å². The number of hydrogen-bond acceptors (Lipinski definition) is 2. The van der Waals surface area contributed by atoms with E-state index in [-0.39, 0.29) is 5.82 Å². The molecule has 0 unspecified atom stereocenters. The van der Waals surface area contributed by atoms with E-state index in [9.17, 15) is 9.18 Å². The predicted octanol–water partition coefficient (Wildman–Crippen LogP) is 2.95. The van der Waals surface area contributed by atoms with Gasteiger partial charge in [-0.15, -0.1) is 0 Å². The van der Waals surface area contributed by atoms with Gasteiger partial charge in [-0.25, -0.2) is 4.39 Å². The summed E-state index contributed by atoms with van der Waals surface area (Å²) in [6.45, 7) is 3.88. The quantitative estimate of drug-likeness (QED) is 0.805. The largest absolute Gasteiger partial charge is 0.345 e. The van der Waals surface area contributed by atoms with Gasteiger partial charge in [0.1, 0.15) is 5.82 Å². The molecule has 1 saturated carbocycles. The number of amides is 1. The summed E-state index contributed by atoms with van der Waals surface area (Å²) in [5, 5.41) is 0. The van der Waals surface area contributed by atoms with Gasteiger partial charge in [0.15, 0.2) is 0 Å². The van der Waals surface area contributed by atoms with Crippen LogP contribution in [0, 0.1) is 17.7 Å². The van der Waals surface area contributed by atoms with Crippen molar-refractivity contribution in [1.29, 1.82) is 0 Å². The van der Waals surface area contributed by atoms with Gasteiger partial charge in [-0.1, -0.05) is 18.2 Å². The third kappa shape index (κ3) is 4.54. The second-order valence-corrected chi connectivity index (χ2v) is 7.14. The molecule has 23 heavy (non-hydrogen) atoms. The van der Waals surface area contributed by atoms with Crippen molar-refractivity contribution in [3.63, 3.8) is 0 Å². The van der Waals surface area contributed by atoms with E-state index in [4.69, 9.17) is 0 Å². The standard InChI is InChI=1S/C19H27FN2O/c1-21(19(23)17-8-9-17)13-15-5-4-11-22(14-15)12-10-16-6-2-3-7-18(16)20/h2-3,6-7,15,17H,4-5,8-14H2,1H3/t15-/m0/s1. The summed E-state index contributed by atoms with van der Waals surface area (Å²) in [5.74, 6) is 1.09. The molecule has 0 N–H and O–H groups in total. The number of nitrogens with zero attached hydrogens (tertiary/aromatic N) is 2. The van der Waals surface area contributed by atoms with E-state index < -0.39 is 0 Å². The fourth-order valence-electron chi connectivity index (χ4n) is 3.60. The van der Waals surface area contributed by atoms with E-state index in [1.54, 1.807) is 6.07 Å². The summed E-state index contributed by atoms with van der Waals surface area (Å²) in [4.78, 5) is 16.4. The average molecular weight is 318 g/mol. The van der Waals surface area contributed by atoms with Crippen LogP contribution in [0.3, 0.4) is 0 Å². The Hall–Kier alpha value is -1.42. The van der Waals surface area contributed by atoms with Crippen molar-refractivity contribution in [2.75, 3.05) is 33.2 Å². The maximum atomic E-state index is 13.7. The number of piperidine rings is 1. The summed E-state index contributed by atoms with van der Waals surface area (Å²) in [6, 6.07) is 7.05. The zero-order chi connectivity index (χ0) is 16.2. The number of carbonyl (C=O) groups excluding carboxylic acids is 1. The van der Waals surface area contributed by atoms with Crippen molar-refractivity contribution in [3.05, 3.63) is 35.6 Å². The summed E-state index contributed by atoms with van der Waals surface area (Å²) in [5.41, 5.74) is 0.802. The third-order valence-electron chi connectivity index (χ3n) is 5.09. The Kier molecular flexibility index (Phi) is 5.31. The van der Waals surface area contributed by atoms with Crippen molar-refractivity contribution < 1.29 is 9.18 Å². The zero-order valence-electron chi connectivity index (χ0n) is 14.0. The average Bonchev–Trinajstić information content (AvgIpc) is 3.38. The number of rotatable bonds is 6. The van der Waals surface area contributed by atoms with E-state index in [2.05, 4.69) is 4.90 Å². The predicted molar refractivity (Wildman–Crippen MR) is 89.6 cm³/mol. The Bertz CT molecular complexity index is 544.